The van der Waals surface area contributed by atoms with E-state index in [9.17, 15) is 10.1 Å². The van der Waals surface area contributed by atoms with Crippen LogP contribution in [0.4, 0.5) is 11.4 Å². The van der Waals surface area contributed by atoms with Gasteiger partial charge in [0, 0.05) is 23.3 Å². The number of nitrogens with zero attached hydrogens (tertiary/aromatic N) is 4. The predicted molar refractivity (Wildman–Crippen MR) is 143 cm³/mol. The molecule has 2 aromatic carbocycles. The van der Waals surface area contributed by atoms with Gasteiger partial charge < -0.3 is 19.5 Å². The van der Waals surface area contributed by atoms with Crippen LogP contribution in [0.5, 0.6) is 5.75 Å². The molecule has 0 unspecified atom stereocenters. The van der Waals surface area contributed by atoms with Crippen molar-refractivity contribution in [1.82, 2.24) is 14.9 Å². The highest BCUT2D eigenvalue weighted by molar-refractivity contribution is 7.80. The number of ether oxygens (including phenoxy) is 1. The standard InChI is InChI=1S/C27H25N5O3S/c1-17-15-21(18(2)30(17)23-13-12-20(35-3)16-24(23)32(33)34)26-25(22-11-7-8-14-28-22)29-27(36)31(26)19-9-5-4-6-10-19/h4-16,25-26H,1-3H3,(H,29,36)/t25-,26-/m1/s1. The van der Waals surface area contributed by atoms with Crippen molar-refractivity contribution in [2.24, 2.45) is 0 Å². The lowest BCUT2D eigenvalue weighted by atomic mass is 9.96. The maximum Gasteiger partial charge on any atom is 0.296 e. The first kappa shape index (κ1) is 23.5. The van der Waals surface area contributed by atoms with Gasteiger partial charge in [-0.25, -0.2) is 0 Å². The smallest absolute Gasteiger partial charge is 0.296 e. The molecule has 0 spiro atoms. The molecule has 36 heavy (non-hydrogen) atoms. The van der Waals surface area contributed by atoms with Crippen molar-refractivity contribution in [3.63, 3.8) is 0 Å². The summed E-state index contributed by atoms with van der Waals surface area (Å²) in [6.07, 6.45) is 1.77. The van der Waals surface area contributed by atoms with Crippen LogP contribution < -0.4 is 15.0 Å². The second-order valence-corrected chi connectivity index (χ2v) is 8.99. The van der Waals surface area contributed by atoms with Crippen molar-refractivity contribution in [2.75, 3.05) is 12.0 Å². The number of methoxy groups -OCH3 is 1. The molecule has 8 nitrogen and oxygen atoms in total. The molecule has 0 radical (unpaired) electrons. The highest BCUT2D eigenvalue weighted by Crippen LogP contribution is 2.44. The summed E-state index contributed by atoms with van der Waals surface area (Å²) in [7, 11) is 1.49. The summed E-state index contributed by atoms with van der Waals surface area (Å²) >= 11 is 5.81. The van der Waals surface area contributed by atoms with Crippen LogP contribution in [0.1, 0.15) is 34.7 Å². The molecule has 0 aliphatic carbocycles. The second kappa shape index (κ2) is 9.43. The molecule has 4 aromatic rings. The molecule has 9 heteroatoms. The number of aryl methyl sites for hydroxylation is 1. The number of rotatable bonds is 6. The number of pyridine rings is 1. The summed E-state index contributed by atoms with van der Waals surface area (Å²) in [4.78, 5) is 18.3. The predicted octanol–water partition coefficient (Wildman–Crippen LogP) is 5.58. The Hall–Kier alpha value is -4.24. The van der Waals surface area contributed by atoms with Crippen LogP contribution in [-0.2, 0) is 0 Å². The van der Waals surface area contributed by atoms with E-state index < -0.39 is 0 Å². The molecule has 1 saturated heterocycles. The number of nitrogens with one attached hydrogen (secondary N) is 1. The third-order valence-electron chi connectivity index (χ3n) is 6.54. The first-order chi connectivity index (χ1) is 17.4. The highest BCUT2D eigenvalue weighted by Gasteiger charge is 2.42. The lowest BCUT2D eigenvalue weighted by Gasteiger charge is -2.28. The average molecular weight is 500 g/mol. The van der Waals surface area contributed by atoms with E-state index in [4.69, 9.17) is 17.0 Å². The van der Waals surface area contributed by atoms with Crippen LogP contribution in [0, 0.1) is 24.0 Å². The Morgan fingerprint density at radius 1 is 1.06 bits per heavy atom. The van der Waals surface area contributed by atoms with Crippen molar-refractivity contribution in [1.29, 1.82) is 0 Å². The van der Waals surface area contributed by atoms with E-state index in [0.717, 1.165) is 28.3 Å². The number of para-hydroxylation sites is 1. The maximum atomic E-state index is 12.0. The van der Waals surface area contributed by atoms with Gasteiger partial charge in [0.05, 0.1) is 35.9 Å². The van der Waals surface area contributed by atoms with Crippen molar-refractivity contribution in [3.05, 3.63) is 112 Å². The topological polar surface area (TPSA) is 85.5 Å². The third kappa shape index (κ3) is 3.97. The zero-order valence-electron chi connectivity index (χ0n) is 20.1. The fourth-order valence-electron chi connectivity index (χ4n) is 4.96. The SMILES string of the molecule is COc1ccc(-n2c(C)cc([C@@H]3[C@@H](c4ccccn4)NC(=S)N3c3ccccc3)c2C)c([N+](=O)[O-])c1. The van der Waals surface area contributed by atoms with E-state index >= 15 is 0 Å². The maximum absolute atomic E-state index is 12.0. The number of hydrogen-bond acceptors (Lipinski definition) is 5. The fourth-order valence-corrected chi connectivity index (χ4v) is 5.31. The molecule has 3 heterocycles. The molecule has 0 bridgehead atoms. The fraction of sp³-hybridized carbons (Fsp3) is 0.185. The van der Waals surface area contributed by atoms with Crippen LogP contribution in [0.2, 0.25) is 0 Å². The van der Waals surface area contributed by atoms with E-state index in [1.165, 1.54) is 13.2 Å². The third-order valence-corrected chi connectivity index (χ3v) is 6.86. The van der Waals surface area contributed by atoms with Gasteiger partial charge in [0.15, 0.2) is 5.11 Å². The molecule has 0 saturated carbocycles. The van der Waals surface area contributed by atoms with Crippen LogP contribution in [0.15, 0.2) is 79.0 Å². The minimum Gasteiger partial charge on any atom is -0.496 e. The molecule has 1 N–H and O–H groups in total. The lowest BCUT2D eigenvalue weighted by Crippen LogP contribution is -2.29. The lowest BCUT2D eigenvalue weighted by molar-refractivity contribution is -0.384. The molecule has 2 aromatic heterocycles. The Labute approximate surface area is 214 Å². The first-order valence-electron chi connectivity index (χ1n) is 11.5. The summed E-state index contributed by atoms with van der Waals surface area (Å²) in [6, 6.07) is 22.4. The van der Waals surface area contributed by atoms with Gasteiger partial charge in [0.2, 0.25) is 0 Å². The normalized spacial score (nSPS) is 17.2. The van der Waals surface area contributed by atoms with Gasteiger partial charge in [0.25, 0.3) is 5.69 Å². The van der Waals surface area contributed by atoms with Crippen LogP contribution in [-0.4, -0.2) is 26.7 Å². The minimum absolute atomic E-state index is 0.0241. The number of benzene rings is 2. The van der Waals surface area contributed by atoms with Gasteiger partial charge in [-0.1, -0.05) is 24.3 Å². The quantitative estimate of drug-likeness (QED) is 0.210. The first-order valence-corrected chi connectivity index (χ1v) is 11.9. The van der Waals surface area contributed by atoms with Crippen molar-refractivity contribution >= 4 is 28.7 Å². The average Bonchev–Trinajstić information content (AvgIpc) is 3.39. The molecular weight excluding hydrogens is 474 g/mol. The van der Waals surface area contributed by atoms with E-state index in [1.54, 1.807) is 18.3 Å². The Morgan fingerprint density at radius 3 is 2.47 bits per heavy atom. The summed E-state index contributed by atoms with van der Waals surface area (Å²) in [6.45, 7) is 3.93. The number of nitro benzene ring substituents is 1. The van der Waals surface area contributed by atoms with Crippen LogP contribution in [0.3, 0.4) is 0 Å². The second-order valence-electron chi connectivity index (χ2n) is 8.61. The van der Waals surface area contributed by atoms with Crippen molar-refractivity contribution < 1.29 is 9.66 Å². The van der Waals surface area contributed by atoms with Gasteiger partial charge in [-0.2, -0.15) is 0 Å². The number of anilines is 1. The Bertz CT molecular complexity index is 1440. The summed E-state index contributed by atoms with van der Waals surface area (Å²) in [5.41, 5.74) is 5.05. The van der Waals surface area contributed by atoms with Crippen LogP contribution >= 0.6 is 12.2 Å². The molecular formula is C27H25N5O3S. The minimum atomic E-state index is -0.379. The summed E-state index contributed by atoms with van der Waals surface area (Å²) in [5.74, 6) is 0.434. The van der Waals surface area contributed by atoms with Gasteiger partial charge in [0.1, 0.15) is 11.4 Å². The molecule has 182 valence electrons. The monoisotopic (exact) mass is 499 g/mol. The van der Waals surface area contributed by atoms with Gasteiger partial charge in [-0.3, -0.25) is 15.1 Å². The Morgan fingerprint density at radius 2 is 1.81 bits per heavy atom. The van der Waals surface area contributed by atoms with E-state index in [1.807, 2.05) is 66.9 Å². The largest absolute Gasteiger partial charge is 0.496 e. The van der Waals surface area contributed by atoms with Gasteiger partial charge >= 0.3 is 0 Å². The van der Waals surface area contributed by atoms with Gasteiger partial charge in [-0.05, 0) is 74.1 Å². The molecule has 1 fully saturated rings. The number of aromatic nitrogens is 2. The van der Waals surface area contributed by atoms with E-state index in [0.29, 0.717) is 16.5 Å². The Balaban J connectivity index is 1.70. The van der Waals surface area contributed by atoms with E-state index in [-0.39, 0.29) is 22.7 Å². The van der Waals surface area contributed by atoms with Gasteiger partial charge in [-0.15, -0.1) is 0 Å². The molecule has 1 aliphatic rings. The highest BCUT2D eigenvalue weighted by atomic mass is 32.1. The molecule has 5 rings (SSSR count). The zero-order valence-corrected chi connectivity index (χ0v) is 20.9. The number of nitro groups is 1. The zero-order chi connectivity index (χ0) is 25.4. The van der Waals surface area contributed by atoms with Crippen molar-refractivity contribution in [2.45, 2.75) is 25.9 Å². The summed E-state index contributed by atoms with van der Waals surface area (Å²) < 4.78 is 7.15. The summed E-state index contributed by atoms with van der Waals surface area (Å²) in [5, 5.41) is 16.0. The van der Waals surface area contributed by atoms with Crippen LogP contribution in [0.25, 0.3) is 5.69 Å². The van der Waals surface area contributed by atoms with E-state index in [2.05, 4.69) is 21.3 Å². The molecule has 2 atom stereocenters. The van der Waals surface area contributed by atoms with Crippen molar-refractivity contribution in [3.8, 4) is 11.4 Å². The Kier molecular flexibility index (Phi) is 6.15. The number of hydrogen-bond donors (Lipinski definition) is 1. The number of thiocarbonyl (C=S) groups is 1. The molecule has 0 amide bonds. The molecule has 1 aliphatic heterocycles.